The van der Waals surface area contributed by atoms with E-state index in [0.717, 1.165) is 0 Å². The molecule has 0 radical (unpaired) electrons. The second-order valence-corrected chi connectivity index (χ2v) is 3.27. The summed E-state index contributed by atoms with van der Waals surface area (Å²) in [6, 6.07) is -0.572. The molecule has 0 aromatic rings. The average Bonchev–Trinajstić information content (AvgIpc) is 1.97. The van der Waals surface area contributed by atoms with Crippen LogP contribution in [0.5, 0.6) is 0 Å². The Morgan fingerprint density at radius 3 is 2.50 bits per heavy atom. The predicted molar refractivity (Wildman–Crippen MR) is 47.4 cm³/mol. The highest BCUT2D eigenvalue weighted by molar-refractivity contribution is 5.79. The summed E-state index contributed by atoms with van der Waals surface area (Å²) in [6.07, 6.45) is 0.502. The fourth-order valence-corrected chi connectivity index (χ4v) is 0.672. The summed E-state index contributed by atoms with van der Waals surface area (Å²) in [6.45, 7) is 5.33. The Hall–Kier alpha value is -0.610. The van der Waals surface area contributed by atoms with Crippen LogP contribution < -0.4 is 11.5 Å². The van der Waals surface area contributed by atoms with Gasteiger partial charge in [0.05, 0.1) is 6.04 Å². The zero-order valence-electron chi connectivity index (χ0n) is 7.75. The van der Waals surface area contributed by atoms with Gasteiger partial charge in [-0.1, -0.05) is 13.8 Å². The highest BCUT2D eigenvalue weighted by Crippen LogP contribution is 1.94. The monoisotopic (exact) mass is 174 g/mol. The van der Waals surface area contributed by atoms with Gasteiger partial charge in [-0.3, -0.25) is 4.79 Å². The Labute approximate surface area is 73.2 Å². The highest BCUT2D eigenvalue weighted by Gasteiger charge is 2.07. The molecule has 0 saturated heterocycles. The summed E-state index contributed by atoms with van der Waals surface area (Å²) in [5.74, 6) is 0.0398. The van der Waals surface area contributed by atoms with E-state index in [2.05, 4.69) is 13.8 Å². The third-order valence-corrected chi connectivity index (χ3v) is 1.39. The van der Waals surface area contributed by atoms with Crippen molar-refractivity contribution in [3.05, 3.63) is 0 Å². The summed E-state index contributed by atoms with van der Waals surface area (Å²) in [5.41, 5.74) is 10.3. The summed E-state index contributed by atoms with van der Waals surface area (Å²) in [7, 11) is 0. The van der Waals surface area contributed by atoms with Crippen LogP contribution in [-0.4, -0.2) is 25.2 Å². The molecule has 1 atom stereocenters. The largest absolute Gasteiger partial charge is 0.381 e. The first-order chi connectivity index (χ1) is 5.54. The molecule has 0 aromatic carbocycles. The fourth-order valence-electron chi connectivity index (χ4n) is 0.672. The van der Waals surface area contributed by atoms with Gasteiger partial charge in [-0.2, -0.15) is 0 Å². The van der Waals surface area contributed by atoms with Crippen LogP contribution >= 0.6 is 0 Å². The van der Waals surface area contributed by atoms with Crippen LogP contribution in [0.15, 0.2) is 0 Å². The Bertz CT molecular complexity index is 137. The Balaban J connectivity index is 3.25. The van der Waals surface area contributed by atoms with Crippen molar-refractivity contribution in [3.8, 4) is 0 Å². The van der Waals surface area contributed by atoms with Crippen LogP contribution in [0.3, 0.4) is 0 Å². The molecule has 0 fully saturated rings. The standard InChI is InChI=1S/C8H18N2O2/c1-6(2)5-12-4-3-7(9)8(10)11/h6-7H,3-5,9H2,1-2H3,(H2,10,11). The van der Waals surface area contributed by atoms with Gasteiger partial charge in [-0.05, 0) is 12.3 Å². The molecule has 0 aromatic heterocycles. The van der Waals surface area contributed by atoms with Crippen molar-refractivity contribution in [2.45, 2.75) is 26.3 Å². The van der Waals surface area contributed by atoms with E-state index in [9.17, 15) is 4.79 Å². The lowest BCUT2D eigenvalue weighted by Gasteiger charge is -2.09. The second kappa shape index (κ2) is 5.97. The molecule has 12 heavy (non-hydrogen) atoms. The van der Waals surface area contributed by atoms with Crippen molar-refractivity contribution in [2.24, 2.45) is 17.4 Å². The van der Waals surface area contributed by atoms with Crippen LogP contribution in [0.1, 0.15) is 20.3 Å². The van der Waals surface area contributed by atoms with Gasteiger partial charge in [0.1, 0.15) is 0 Å². The smallest absolute Gasteiger partial charge is 0.234 e. The van der Waals surface area contributed by atoms with Crippen molar-refractivity contribution in [3.63, 3.8) is 0 Å². The van der Waals surface area contributed by atoms with Crippen molar-refractivity contribution in [2.75, 3.05) is 13.2 Å². The zero-order valence-corrected chi connectivity index (χ0v) is 7.75. The lowest BCUT2D eigenvalue weighted by molar-refractivity contribution is -0.119. The van der Waals surface area contributed by atoms with Crippen LogP contribution in [0.4, 0.5) is 0 Å². The second-order valence-electron chi connectivity index (χ2n) is 3.27. The van der Waals surface area contributed by atoms with Gasteiger partial charge in [0.2, 0.25) is 5.91 Å². The van der Waals surface area contributed by atoms with Gasteiger partial charge < -0.3 is 16.2 Å². The number of nitrogens with two attached hydrogens (primary N) is 2. The van der Waals surface area contributed by atoms with Crippen LogP contribution in [0.2, 0.25) is 0 Å². The number of hydrogen-bond donors (Lipinski definition) is 2. The minimum Gasteiger partial charge on any atom is -0.381 e. The van der Waals surface area contributed by atoms with E-state index in [4.69, 9.17) is 16.2 Å². The maximum Gasteiger partial charge on any atom is 0.234 e. The van der Waals surface area contributed by atoms with E-state index in [0.29, 0.717) is 25.6 Å². The van der Waals surface area contributed by atoms with Gasteiger partial charge in [0.15, 0.2) is 0 Å². The Kier molecular flexibility index (Phi) is 5.66. The minimum absolute atomic E-state index is 0.469. The van der Waals surface area contributed by atoms with Crippen LogP contribution in [0.25, 0.3) is 0 Å². The molecule has 0 saturated carbocycles. The normalized spacial score (nSPS) is 13.3. The zero-order chi connectivity index (χ0) is 9.56. The molecule has 72 valence electrons. The molecule has 4 nitrogen and oxygen atoms in total. The van der Waals surface area contributed by atoms with Crippen molar-refractivity contribution in [1.82, 2.24) is 0 Å². The Morgan fingerprint density at radius 2 is 2.08 bits per heavy atom. The van der Waals surface area contributed by atoms with E-state index in [1.165, 1.54) is 0 Å². The molecular formula is C8H18N2O2. The summed E-state index contributed by atoms with van der Waals surface area (Å²) < 4.78 is 5.23. The summed E-state index contributed by atoms with van der Waals surface area (Å²) in [5, 5.41) is 0. The molecule has 0 aliphatic rings. The number of carbonyl (C=O) groups is 1. The number of primary amides is 1. The SMILES string of the molecule is CC(C)COCCC(N)C(N)=O. The molecule has 1 unspecified atom stereocenters. The first-order valence-corrected chi connectivity index (χ1v) is 4.16. The predicted octanol–water partition coefficient (Wildman–Crippen LogP) is -0.138. The van der Waals surface area contributed by atoms with E-state index in [-0.39, 0.29) is 0 Å². The van der Waals surface area contributed by atoms with Crippen molar-refractivity contribution >= 4 is 5.91 Å². The molecule has 4 N–H and O–H groups in total. The van der Waals surface area contributed by atoms with Crippen LogP contribution in [-0.2, 0) is 9.53 Å². The minimum atomic E-state index is -0.572. The fraction of sp³-hybridized carbons (Fsp3) is 0.875. The molecule has 0 aliphatic heterocycles. The number of rotatable bonds is 6. The maximum absolute atomic E-state index is 10.5. The lowest BCUT2D eigenvalue weighted by Crippen LogP contribution is -2.37. The van der Waals surface area contributed by atoms with Gasteiger partial charge >= 0.3 is 0 Å². The molecule has 0 rings (SSSR count). The number of amides is 1. The highest BCUT2D eigenvalue weighted by atomic mass is 16.5. The molecule has 0 heterocycles. The number of ether oxygens (including phenoxy) is 1. The van der Waals surface area contributed by atoms with Crippen molar-refractivity contribution < 1.29 is 9.53 Å². The first kappa shape index (κ1) is 11.4. The molecule has 0 aliphatic carbocycles. The van der Waals surface area contributed by atoms with Crippen molar-refractivity contribution in [1.29, 1.82) is 0 Å². The topological polar surface area (TPSA) is 78.3 Å². The quantitative estimate of drug-likeness (QED) is 0.550. The number of hydrogen-bond acceptors (Lipinski definition) is 3. The van der Waals surface area contributed by atoms with E-state index < -0.39 is 11.9 Å². The van der Waals surface area contributed by atoms with Gasteiger partial charge in [0.25, 0.3) is 0 Å². The molecule has 1 amide bonds. The van der Waals surface area contributed by atoms with Crippen LogP contribution in [0, 0.1) is 5.92 Å². The molecule has 4 heteroatoms. The van der Waals surface area contributed by atoms with Gasteiger partial charge in [0, 0.05) is 13.2 Å². The van der Waals surface area contributed by atoms with E-state index >= 15 is 0 Å². The van der Waals surface area contributed by atoms with Gasteiger partial charge in [-0.25, -0.2) is 0 Å². The lowest BCUT2D eigenvalue weighted by atomic mass is 10.2. The van der Waals surface area contributed by atoms with E-state index in [1.807, 2.05) is 0 Å². The molecular weight excluding hydrogens is 156 g/mol. The molecule has 0 bridgehead atoms. The first-order valence-electron chi connectivity index (χ1n) is 4.16. The van der Waals surface area contributed by atoms with E-state index in [1.54, 1.807) is 0 Å². The summed E-state index contributed by atoms with van der Waals surface area (Å²) >= 11 is 0. The molecule has 0 spiro atoms. The number of carbonyl (C=O) groups excluding carboxylic acids is 1. The third kappa shape index (κ3) is 6.12. The Morgan fingerprint density at radius 1 is 1.50 bits per heavy atom. The third-order valence-electron chi connectivity index (χ3n) is 1.39. The summed E-state index contributed by atoms with van der Waals surface area (Å²) in [4.78, 5) is 10.5. The maximum atomic E-state index is 10.5. The van der Waals surface area contributed by atoms with Gasteiger partial charge in [-0.15, -0.1) is 0 Å². The average molecular weight is 174 g/mol.